The van der Waals surface area contributed by atoms with Crippen molar-refractivity contribution in [2.45, 2.75) is 11.2 Å². The molecule has 0 saturated carbocycles. The molecule has 1 heterocycles. The van der Waals surface area contributed by atoms with Gasteiger partial charge in [-0.05, 0) is 6.07 Å². The van der Waals surface area contributed by atoms with Crippen molar-refractivity contribution in [1.29, 1.82) is 5.26 Å². The van der Waals surface area contributed by atoms with Crippen molar-refractivity contribution in [3.05, 3.63) is 35.5 Å². The van der Waals surface area contributed by atoms with E-state index in [4.69, 9.17) is 11.0 Å². The monoisotopic (exact) mass is 406 g/mol. The Bertz CT molecular complexity index is 1130. The molecule has 1 unspecified atom stereocenters. The average molecular weight is 406 g/mol. The normalized spacial score (nSPS) is 13.5. The van der Waals surface area contributed by atoms with Crippen LogP contribution in [-0.4, -0.2) is 48.7 Å². The fourth-order valence-corrected chi connectivity index (χ4v) is 4.59. The van der Waals surface area contributed by atoms with Crippen LogP contribution in [0.5, 0.6) is 0 Å². The second-order valence-electron chi connectivity index (χ2n) is 6.09. The van der Waals surface area contributed by atoms with Crippen LogP contribution in [-0.2, 0) is 31.2 Å². The molecule has 1 atom stereocenters. The van der Waals surface area contributed by atoms with E-state index in [1.165, 1.54) is 29.8 Å². The summed E-state index contributed by atoms with van der Waals surface area (Å²) in [6.07, 6.45) is 0.487. The third kappa shape index (κ3) is 2.97. The van der Waals surface area contributed by atoms with E-state index in [1.807, 2.05) is 0 Å². The van der Waals surface area contributed by atoms with Crippen molar-refractivity contribution in [2.75, 3.05) is 12.8 Å². The van der Waals surface area contributed by atoms with Gasteiger partial charge in [0.15, 0.2) is 9.84 Å². The number of nitriles is 1. The molecule has 0 spiro atoms. The highest BCUT2D eigenvalue weighted by Gasteiger charge is 2.58. The standard InChI is InChI=1S/C17H18N4O6S/c1-21-11-7-4-3-6-10(11)12(13(21)14(22)23)17(15(19)24,28(2,26)27)16(25)20-9-5-8-18/h3-4,6-7H,5,9H2,1-2H3,(H2,19,24)(H,20,25)(H,22,23). The molecule has 1 aromatic heterocycles. The molecular formula is C17H18N4O6S. The highest BCUT2D eigenvalue weighted by Crippen LogP contribution is 2.39. The first-order chi connectivity index (χ1) is 13.0. The number of aromatic carboxylic acids is 1. The lowest BCUT2D eigenvalue weighted by molar-refractivity contribution is -0.131. The van der Waals surface area contributed by atoms with Crippen molar-refractivity contribution in [2.24, 2.45) is 12.8 Å². The van der Waals surface area contributed by atoms with Gasteiger partial charge in [0.05, 0.1) is 12.5 Å². The molecule has 0 bridgehead atoms. The molecule has 4 N–H and O–H groups in total. The summed E-state index contributed by atoms with van der Waals surface area (Å²) in [5.41, 5.74) is 4.64. The first-order valence-electron chi connectivity index (χ1n) is 7.97. The van der Waals surface area contributed by atoms with Gasteiger partial charge in [0.2, 0.25) is 0 Å². The molecule has 1 aromatic carbocycles. The average Bonchev–Trinajstić information content (AvgIpc) is 2.88. The number of primary amides is 1. The van der Waals surface area contributed by atoms with E-state index < -0.39 is 43.6 Å². The zero-order valence-corrected chi connectivity index (χ0v) is 15.9. The number of carbonyl (C=O) groups is 3. The van der Waals surface area contributed by atoms with Crippen LogP contribution in [0, 0.1) is 11.3 Å². The zero-order chi connectivity index (χ0) is 21.3. The van der Waals surface area contributed by atoms with Gasteiger partial charge in [0.25, 0.3) is 16.6 Å². The maximum atomic E-state index is 13.0. The van der Waals surface area contributed by atoms with Gasteiger partial charge in [-0.2, -0.15) is 5.26 Å². The number of fused-ring (bicyclic) bond motifs is 1. The number of amides is 2. The van der Waals surface area contributed by atoms with E-state index in [1.54, 1.807) is 12.1 Å². The highest BCUT2D eigenvalue weighted by molar-refractivity contribution is 7.93. The lowest BCUT2D eigenvalue weighted by Crippen LogP contribution is -2.58. The Hall–Kier alpha value is -3.39. The largest absolute Gasteiger partial charge is 0.477 e. The number of carbonyl (C=O) groups excluding carboxylic acids is 2. The fraction of sp³-hybridized carbons (Fsp3) is 0.294. The van der Waals surface area contributed by atoms with Crippen molar-refractivity contribution < 1.29 is 27.9 Å². The number of hydrogen-bond donors (Lipinski definition) is 3. The summed E-state index contributed by atoms with van der Waals surface area (Å²) in [6, 6.07) is 7.80. The van der Waals surface area contributed by atoms with Crippen molar-refractivity contribution in [3.8, 4) is 6.07 Å². The van der Waals surface area contributed by atoms with Gasteiger partial charge in [-0.1, -0.05) is 18.2 Å². The zero-order valence-electron chi connectivity index (χ0n) is 15.1. The summed E-state index contributed by atoms with van der Waals surface area (Å²) >= 11 is 0. The minimum absolute atomic E-state index is 0.0852. The molecule has 2 aromatic rings. The van der Waals surface area contributed by atoms with Crippen LogP contribution in [0.25, 0.3) is 10.9 Å². The summed E-state index contributed by atoms with van der Waals surface area (Å²) in [6.45, 7) is -0.243. The number of para-hydroxylation sites is 1. The number of carboxylic acid groups (broad SMARTS) is 1. The molecule has 10 nitrogen and oxygen atoms in total. The van der Waals surface area contributed by atoms with Gasteiger partial charge >= 0.3 is 5.97 Å². The van der Waals surface area contributed by atoms with Crippen LogP contribution in [0.1, 0.15) is 22.5 Å². The molecule has 11 heteroatoms. The van der Waals surface area contributed by atoms with Gasteiger partial charge in [0.1, 0.15) is 5.69 Å². The Morgan fingerprint density at radius 1 is 1.32 bits per heavy atom. The number of nitrogens with zero attached hydrogens (tertiary/aromatic N) is 2. The fourth-order valence-electron chi connectivity index (χ4n) is 3.24. The summed E-state index contributed by atoms with van der Waals surface area (Å²) in [5, 5.41) is 20.6. The Morgan fingerprint density at radius 3 is 2.43 bits per heavy atom. The van der Waals surface area contributed by atoms with E-state index >= 15 is 0 Å². The van der Waals surface area contributed by atoms with Crippen molar-refractivity contribution in [1.82, 2.24) is 9.88 Å². The van der Waals surface area contributed by atoms with Crippen molar-refractivity contribution in [3.63, 3.8) is 0 Å². The Kier molecular flexibility index (Phi) is 5.47. The van der Waals surface area contributed by atoms with Crippen molar-refractivity contribution >= 4 is 38.5 Å². The van der Waals surface area contributed by atoms with Crippen LogP contribution in [0.2, 0.25) is 0 Å². The molecule has 0 radical (unpaired) electrons. The maximum Gasteiger partial charge on any atom is 0.352 e. The minimum Gasteiger partial charge on any atom is -0.477 e. The lowest BCUT2D eigenvalue weighted by atomic mass is 9.92. The van der Waals surface area contributed by atoms with Crippen LogP contribution >= 0.6 is 0 Å². The molecule has 2 rings (SSSR count). The molecule has 0 aliphatic heterocycles. The highest BCUT2D eigenvalue weighted by atomic mass is 32.2. The minimum atomic E-state index is -4.60. The van der Waals surface area contributed by atoms with E-state index in [-0.39, 0.29) is 18.4 Å². The Morgan fingerprint density at radius 2 is 1.93 bits per heavy atom. The number of carboxylic acids is 1. The van der Waals surface area contributed by atoms with Gasteiger partial charge in [-0.15, -0.1) is 0 Å². The molecule has 0 saturated heterocycles. The number of rotatable bonds is 7. The number of hydrogen-bond acceptors (Lipinski definition) is 6. The van der Waals surface area contributed by atoms with E-state index in [9.17, 15) is 27.9 Å². The second kappa shape index (κ2) is 7.32. The van der Waals surface area contributed by atoms with Gasteiger partial charge < -0.3 is 20.7 Å². The Labute approximate surface area is 160 Å². The van der Waals surface area contributed by atoms with Crippen LogP contribution in [0.4, 0.5) is 0 Å². The van der Waals surface area contributed by atoms with Gasteiger partial charge in [0, 0.05) is 36.3 Å². The lowest BCUT2D eigenvalue weighted by Gasteiger charge is -2.28. The number of sulfone groups is 1. The van der Waals surface area contributed by atoms with E-state index in [2.05, 4.69) is 5.32 Å². The summed E-state index contributed by atoms with van der Waals surface area (Å²) < 4.78 is 23.7. The van der Waals surface area contributed by atoms with Crippen LogP contribution in [0.3, 0.4) is 0 Å². The number of nitrogens with two attached hydrogens (primary N) is 1. The summed E-state index contributed by atoms with van der Waals surface area (Å²) in [4.78, 5) is 37.4. The first-order valence-corrected chi connectivity index (χ1v) is 9.86. The van der Waals surface area contributed by atoms with Gasteiger partial charge in [-0.3, -0.25) is 9.59 Å². The van der Waals surface area contributed by atoms with Crippen LogP contribution in [0.15, 0.2) is 24.3 Å². The predicted molar refractivity (Wildman–Crippen MR) is 98.8 cm³/mol. The third-order valence-corrected chi connectivity index (χ3v) is 6.11. The molecule has 28 heavy (non-hydrogen) atoms. The van der Waals surface area contributed by atoms with E-state index in [0.29, 0.717) is 11.8 Å². The molecule has 2 amide bonds. The molecule has 148 valence electrons. The molecule has 0 aliphatic rings. The van der Waals surface area contributed by atoms with Gasteiger partial charge in [-0.25, -0.2) is 13.2 Å². The summed E-state index contributed by atoms with van der Waals surface area (Å²) in [7, 11) is -3.22. The third-order valence-electron chi connectivity index (χ3n) is 4.41. The molecular weight excluding hydrogens is 388 g/mol. The SMILES string of the molecule is Cn1c(C(=O)O)c(C(C(N)=O)(C(=O)NCCC#N)S(C)(=O)=O)c2ccccc21. The van der Waals surface area contributed by atoms with Crippen LogP contribution < -0.4 is 11.1 Å². The smallest absolute Gasteiger partial charge is 0.352 e. The quantitative estimate of drug-likeness (QED) is 0.415. The van der Waals surface area contributed by atoms with E-state index in [0.717, 1.165) is 0 Å². The Balaban J connectivity index is 3.04. The number of nitrogens with one attached hydrogen (secondary N) is 1. The topological polar surface area (TPSA) is 172 Å². The number of aromatic nitrogens is 1. The number of aryl methyl sites for hydroxylation is 1. The summed E-state index contributed by atoms with van der Waals surface area (Å²) in [5.74, 6) is -4.38. The molecule has 0 aliphatic carbocycles. The predicted octanol–water partition coefficient (Wildman–Crippen LogP) is -0.368. The second-order valence-corrected chi connectivity index (χ2v) is 8.24. The maximum absolute atomic E-state index is 13.0. The molecule has 0 fully saturated rings. The first kappa shape index (κ1) is 20.9. The number of benzene rings is 1.